The number of rotatable bonds is 5. The van der Waals surface area contributed by atoms with Crippen LogP contribution in [0.4, 0.5) is 0 Å². The van der Waals surface area contributed by atoms with Gasteiger partial charge in [0.05, 0.1) is 24.9 Å². The Morgan fingerprint density at radius 3 is 2.90 bits per heavy atom. The van der Waals surface area contributed by atoms with Crippen molar-refractivity contribution in [2.45, 2.75) is 50.8 Å². The van der Waals surface area contributed by atoms with E-state index in [-0.39, 0.29) is 24.1 Å². The molecule has 3 rings (SSSR count). The summed E-state index contributed by atoms with van der Waals surface area (Å²) in [6.07, 6.45) is 4.19. The van der Waals surface area contributed by atoms with E-state index < -0.39 is 0 Å². The molecule has 2 heterocycles. The molecule has 0 radical (unpaired) electrons. The first-order valence-electron chi connectivity index (χ1n) is 7.95. The van der Waals surface area contributed by atoms with Gasteiger partial charge in [-0.3, -0.25) is 10.1 Å². The summed E-state index contributed by atoms with van der Waals surface area (Å²) < 4.78 is 5.72. The van der Waals surface area contributed by atoms with Crippen LogP contribution in [0.1, 0.15) is 31.7 Å². The third kappa shape index (κ3) is 3.27. The lowest BCUT2D eigenvalue weighted by Gasteiger charge is -2.28. The Morgan fingerprint density at radius 2 is 2.19 bits per heavy atom. The Labute approximate surface area is 126 Å². The van der Waals surface area contributed by atoms with Gasteiger partial charge in [-0.05, 0) is 38.2 Å². The first-order chi connectivity index (χ1) is 10.3. The molecule has 3 unspecified atom stereocenters. The summed E-state index contributed by atoms with van der Waals surface area (Å²) in [6, 6.07) is 10.5. The van der Waals surface area contributed by atoms with Crippen molar-refractivity contribution < 1.29 is 9.53 Å². The van der Waals surface area contributed by atoms with Crippen LogP contribution in [0.2, 0.25) is 0 Å². The molecular weight excluding hydrogens is 264 g/mol. The monoisotopic (exact) mass is 288 g/mol. The fourth-order valence-corrected chi connectivity index (χ4v) is 3.28. The third-order valence-corrected chi connectivity index (χ3v) is 4.65. The van der Waals surface area contributed by atoms with Crippen molar-refractivity contribution in [1.82, 2.24) is 10.2 Å². The molecule has 0 bridgehead atoms. The lowest BCUT2D eigenvalue weighted by molar-refractivity contribution is -0.132. The smallest absolute Gasteiger partial charge is 0.241 e. The van der Waals surface area contributed by atoms with Crippen molar-refractivity contribution in [1.29, 1.82) is 0 Å². The molecule has 21 heavy (non-hydrogen) atoms. The maximum Gasteiger partial charge on any atom is 0.241 e. The van der Waals surface area contributed by atoms with Crippen molar-refractivity contribution in [3.63, 3.8) is 0 Å². The van der Waals surface area contributed by atoms with Gasteiger partial charge in [-0.25, -0.2) is 0 Å². The van der Waals surface area contributed by atoms with E-state index in [1.807, 2.05) is 23.1 Å². The SMILES string of the molecule is CC(C1CCCO1)N1CNC(CCc2ccccc2)C1=O. The molecule has 2 fully saturated rings. The number of aryl methyl sites for hydroxylation is 1. The topological polar surface area (TPSA) is 41.6 Å². The van der Waals surface area contributed by atoms with E-state index in [1.54, 1.807) is 0 Å². The zero-order valence-electron chi connectivity index (χ0n) is 12.6. The van der Waals surface area contributed by atoms with Crippen LogP contribution in [0.5, 0.6) is 0 Å². The van der Waals surface area contributed by atoms with Crippen LogP contribution >= 0.6 is 0 Å². The molecule has 4 nitrogen and oxygen atoms in total. The zero-order chi connectivity index (χ0) is 14.7. The van der Waals surface area contributed by atoms with E-state index in [1.165, 1.54) is 5.56 Å². The van der Waals surface area contributed by atoms with Crippen molar-refractivity contribution in [2.75, 3.05) is 13.3 Å². The molecule has 1 aromatic carbocycles. The normalized spacial score (nSPS) is 27.3. The summed E-state index contributed by atoms with van der Waals surface area (Å²) in [6.45, 7) is 3.59. The predicted octanol–water partition coefficient (Wildman–Crippen LogP) is 1.94. The van der Waals surface area contributed by atoms with Gasteiger partial charge in [0.1, 0.15) is 0 Å². The van der Waals surface area contributed by atoms with E-state index in [0.29, 0.717) is 6.67 Å². The minimum absolute atomic E-state index is 0.0472. The number of nitrogens with zero attached hydrogens (tertiary/aromatic N) is 1. The number of amides is 1. The first-order valence-corrected chi connectivity index (χ1v) is 7.95. The number of carbonyl (C=O) groups is 1. The van der Waals surface area contributed by atoms with Gasteiger partial charge >= 0.3 is 0 Å². The fraction of sp³-hybridized carbons (Fsp3) is 0.588. The molecule has 114 valence electrons. The summed E-state index contributed by atoms with van der Waals surface area (Å²) in [4.78, 5) is 14.5. The third-order valence-electron chi connectivity index (χ3n) is 4.65. The average molecular weight is 288 g/mol. The standard InChI is InChI=1S/C17H24N2O2/c1-13(16-8-5-11-21-16)19-12-18-15(17(19)20)10-9-14-6-3-2-4-7-14/h2-4,6-7,13,15-16,18H,5,8-12H2,1H3. The molecule has 0 aromatic heterocycles. The van der Waals surface area contributed by atoms with Crippen LogP contribution in [-0.2, 0) is 16.0 Å². The van der Waals surface area contributed by atoms with Crippen LogP contribution in [0.15, 0.2) is 30.3 Å². The Balaban J connectivity index is 1.53. The molecule has 0 saturated carbocycles. The van der Waals surface area contributed by atoms with E-state index in [0.717, 1.165) is 32.3 Å². The summed E-state index contributed by atoms with van der Waals surface area (Å²) in [7, 11) is 0. The van der Waals surface area contributed by atoms with Crippen molar-refractivity contribution in [3.8, 4) is 0 Å². The summed E-state index contributed by atoms with van der Waals surface area (Å²) in [5, 5.41) is 3.35. The second-order valence-electron chi connectivity index (χ2n) is 6.04. The van der Waals surface area contributed by atoms with E-state index in [2.05, 4.69) is 24.4 Å². The van der Waals surface area contributed by atoms with Crippen LogP contribution in [0.3, 0.4) is 0 Å². The van der Waals surface area contributed by atoms with Gasteiger partial charge < -0.3 is 9.64 Å². The lowest BCUT2D eigenvalue weighted by atomic mass is 10.0. The second kappa shape index (κ2) is 6.58. The number of hydrogen-bond acceptors (Lipinski definition) is 3. The minimum atomic E-state index is -0.0472. The summed E-state index contributed by atoms with van der Waals surface area (Å²) in [5.41, 5.74) is 1.29. The molecule has 3 atom stereocenters. The molecule has 0 spiro atoms. The Morgan fingerprint density at radius 1 is 1.38 bits per heavy atom. The van der Waals surface area contributed by atoms with Gasteiger partial charge in [0, 0.05) is 6.61 Å². The Kier molecular flexibility index (Phi) is 4.56. The first kappa shape index (κ1) is 14.5. The van der Waals surface area contributed by atoms with Crippen molar-refractivity contribution in [3.05, 3.63) is 35.9 Å². The van der Waals surface area contributed by atoms with Crippen LogP contribution in [0, 0.1) is 0 Å². The van der Waals surface area contributed by atoms with Gasteiger partial charge in [-0.2, -0.15) is 0 Å². The molecule has 1 amide bonds. The van der Waals surface area contributed by atoms with Crippen molar-refractivity contribution in [2.24, 2.45) is 0 Å². The van der Waals surface area contributed by atoms with Gasteiger partial charge in [0.15, 0.2) is 0 Å². The number of ether oxygens (including phenoxy) is 1. The van der Waals surface area contributed by atoms with Gasteiger partial charge in [-0.15, -0.1) is 0 Å². The van der Waals surface area contributed by atoms with Crippen LogP contribution in [0.25, 0.3) is 0 Å². The number of carbonyl (C=O) groups excluding carboxylic acids is 1. The summed E-state index contributed by atoms with van der Waals surface area (Å²) in [5.74, 6) is 0.230. The molecule has 2 aliphatic rings. The van der Waals surface area contributed by atoms with Crippen LogP contribution < -0.4 is 5.32 Å². The van der Waals surface area contributed by atoms with Gasteiger partial charge in [0.2, 0.25) is 5.91 Å². The highest BCUT2D eigenvalue weighted by atomic mass is 16.5. The zero-order valence-corrected chi connectivity index (χ0v) is 12.6. The molecule has 2 saturated heterocycles. The second-order valence-corrected chi connectivity index (χ2v) is 6.04. The maximum absolute atomic E-state index is 12.5. The highest BCUT2D eigenvalue weighted by Gasteiger charge is 2.37. The van der Waals surface area contributed by atoms with Crippen LogP contribution in [-0.4, -0.2) is 42.3 Å². The molecule has 4 heteroatoms. The Hall–Kier alpha value is -1.39. The lowest BCUT2D eigenvalue weighted by Crippen LogP contribution is -2.43. The largest absolute Gasteiger partial charge is 0.376 e. The number of nitrogens with one attached hydrogen (secondary N) is 1. The predicted molar refractivity (Wildman–Crippen MR) is 81.8 cm³/mol. The fourth-order valence-electron chi connectivity index (χ4n) is 3.28. The average Bonchev–Trinajstić information content (AvgIpc) is 3.16. The highest BCUT2D eigenvalue weighted by molar-refractivity contribution is 5.84. The van der Waals surface area contributed by atoms with E-state index in [4.69, 9.17) is 4.74 Å². The summed E-state index contributed by atoms with van der Waals surface area (Å²) >= 11 is 0. The van der Waals surface area contributed by atoms with E-state index >= 15 is 0 Å². The molecule has 2 aliphatic heterocycles. The molecule has 1 N–H and O–H groups in total. The molecular formula is C17H24N2O2. The van der Waals surface area contributed by atoms with Gasteiger partial charge in [0.25, 0.3) is 0 Å². The molecule has 0 aliphatic carbocycles. The number of benzene rings is 1. The quantitative estimate of drug-likeness (QED) is 0.900. The van der Waals surface area contributed by atoms with Gasteiger partial charge in [-0.1, -0.05) is 30.3 Å². The highest BCUT2D eigenvalue weighted by Crippen LogP contribution is 2.22. The maximum atomic E-state index is 12.5. The Bertz CT molecular complexity index is 471. The number of hydrogen-bond donors (Lipinski definition) is 1. The van der Waals surface area contributed by atoms with Crippen molar-refractivity contribution >= 4 is 5.91 Å². The van der Waals surface area contributed by atoms with E-state index in [9.17, 15) is 4.79 Å². The molecule has 1 aromatic rings. The minimum Gasteiger partial charge on any atom is -0.376 e.